The van der Waals surface area contributed by atoms with Crippen molar-refractivity contribution < 1.29 is 0 Å². The standard InChI is InChI=1S/C11H13N/c1-3-9(2)11(12)10-7-5-4-6-8-10/h3-8,12H,1-2H3/b9-3+,12-11?. The summed E-state index contributed by atoms with van der Waals surface area (Å²) in [7, 11) is 0. The normalized spacial score (nSPS) is 11.3. The summed E-state index contributed by atoms with van der Waals surface area (Å²) in [5, 5.41) is 7.77. The molecule has 1 heteroatoms. The van der Waals surface area contributed by atoms with Gasteiger partial charge in [-0.05, 0) is 25.0 Å². The van der Waals surface area contributed by atoms with Gasteiger partial charge in [-0.1, -0.05) is 36.4 Å². The van der Waals surface area contributed by atoms with Gasteiger partial charge in [0.1, 0.15) is 0 Å². The van der Waals surface area contributed by atoms with Crippen LogP contribution in [0.1, 0.15) is 19.4 Å². The Hall–Kier alpha value is -1.37. The monoisotopic (exact) mass is 159 g/mol. The Balaban J connectivity index is 2.94. The fourth-order valence-corrected chi connectivity index (χ4v) is 0.977. The maximum Gasteiger partial charge on any atom is 0.0638 e. The number of allylic oxidation sites excluding steroid dienone is 2. The van der Waals surface area contributed by atoms with E-state index < -0.39 is 0 Å². The minimum atomic E-state index is 0.609. The zero-order valence-corrected chi connectivity index (χ0v) is 7.46. The van der Waals surface area contributed by atoms with E-state index in [1.54, 1.807) is 0 Å². The van der Waals surface area contributed by atoms with E-state index in [1.807, 2.05) is 50.3 Å². The Bertz CT molecular complexity index is 296. The molecule has 1 N–H and O–H groups in total. The molecule has 0 bridgehead atoms. The molecular formula is C11H13N. The molecule has 0 radical (unpaired) electrons. The van der Waals surface area contributed by atoms with Crippen molar-refractivity contribution in [2.45, 2.75) is 13.8 Å². The van der Waals surface area contributed by atoms with Gasteiger partial charge in [-0.3, -0.25) is 0 Å². The molecule has 0 fully saturated rings. The van der Waals surface area contributed by atoms with Crippen molar-refractivity contribution in [1.29, 1.82) is 5.41 Å². The molecular weight excluding hydrogens is 146 g/mol. The number of hydrogen-bond acceptors (Lipinski definition) is 1. The molecule has 0 aliphatic carbocycles. The summed E-state index contributed by atoms with van der Waals surface area (Å²) in [4.78, 5) is 0. The Morgan fingerprint density at radius 1 is 1.25 bits per heavy atom. The maximum absolute atomic E-state index is 7.77. The second kappa shape index (κ2) is 3.86. The van der Waals surface area contributed by atoms with E-state index in [1.165, 1.54) is 0 Å². The molecule has 1 aromatic carbocycles. The van der Waals surface area contributed by atoms with Gasteiger partial charge in [-0.25, -0.2) is 0 Å². The second-order valence-electron chi connectivity index (χ2n) is 2.71. The van der Waals surface area contributed by atoms with Crippen LogP contribution in [0, 0.1) is 5.41 Å². The summed E-state index contributed by atoms with van der Waals surface area (Å²) < 4.78 is 0. The summed E-state index contributed by atoms with van der Waals surface area (Å²) in [5.41, 5.74) is 2.60. The lowest BCUT2D eigenvalue weighted by molar-refractivity contribution is 1.41. The number of hydrogen-bond donors (Lipinski definition) is 1. The Morgan fingerprint density at radius 3 is 2.33 bits per heavy atom. The molecule has 1 nitrogen and oxygen atoms in total. The van der Waals surface area contributed by atoms with E-state index >= 15 is 0 Å². The maximum atomic E-state index is 7.77. The molecule has 0 aromatic heterocycles. The zero-order chi connectivity index (χ0) is 8.97. The van der Waals surface area contributed by atoms with Crippen LogP contribution in [0.25, 0.3) is 0 Å². The molecule has 0 atom stereocenters. The highest BCUT2D eigenvalue weighted by Gasteiger charge is 1.99. The van der Waals surface area contributed by atoms with E-state index in [0.717, 1.165) is 11.1 Å². The first-order chi connectivity index (χ1) is 5.75. The van der Waals surface area contributed by atoms with Crippen molar-refractivity contribution >= 4 is 5.71 Å². The lowest BCUT2D eigenvalue weighted by Gasteiger charge is -2.02. The van der Waals surface area contributed by atoms with E-state index in [2.05, 4.69) is 0 Å². The van der Waals surface area contributed by atoms with Crippen molar-refractivity contribution in [2.24, 2.45) is 0 Å². The highest BCUT2D eigenvalue weighted by molar-refractivity contribution is 6.10. The molecule has 0 aliphatic rings. The van der Waals surface area contributed by atoms with Gasteiger partial charge in [0.25, 0.3) is 0 Å². The SMILES string of the molecule is C/C=C(\C)C(=N)c1ccccc1. The first-order valence-corrected chi connectivity index (χ1v) is 4.03. The van der Waals surface area contributed by atoms with Crippen LogP contribution >= 0.6 is 0 Å². The van der Waals surface area contributed by atoms with Crippen LogP contribution in [0.5, 0.6) is 0 Å². The Morgan fingerprint density at radius 2 is 1.83 bits per heavy atom. The van der Waals surface area contributed by atoms with Crippen molar-refractivity contribution in [3.63, 3.8) is 0 Å². The third-order valence-corrected chi connectivity index (χ3v) is 1.89. The van der Waals surface area contributed by atoms with Gasteiger partial charge in [-0.2, -0.15) is 0 Å². The van der Waals surface area contributed by atoms with Crippen LogP contribution in [0.15, 0.2) is 42.0 Å². The number of benzene rings is 1. The minimum Gasteiger partial charge on any atom is -0.300 e. The minimum absolute atomic E-state index is 0.609. The van der Waals surface area contributed by atoms with Gasteiger partial charge in [0, 0.05) is 0 Å². The van der Waals surface area contributed by atoms with Gasteiger partial charge in [-0.15, -0.1) is 0 Å². The summed E-state index contributed by atoms with van der Waals surface area (Å²) in [6.07, 6.45) is 1.95. The third-order valence-electron chi connectivity index (χ3n) is 1.89. The summed E-state index contributed by atoms with van der Waals surface area (Å²) >= 11 is 0. The zero-order valence-electron chi connectivity index (χ0n) is 7.46. The lowest BCUT2D eigenvalue weighted by atomic mass is 10.0. The molecule has 1 rings (SSSR count). The van der Waals surface area contributed by atoms with Gasteiger partial charge in [0.05, 0.1) is 5.71 Å². The van der Waals surface area contributed by atoms with E-state index in [9.17, 15) is 0 Å². The van der Waals surface area contributed by atoms with Crippen molar-refractivity contribution in [3.05, 3.63) is 47.5 Å². The van der Waals surface area contributed by atoms with Crippen LogP contribution in [0.3, 0.4) is 0 Å². The lowest BCUT2D eigenvalue weighted by Crippen LogP contribution is -1.99. The van der Waals surface area contributed by atoms with E-state index in [4.69, 9.17) is 5.41 Å². The summed E-state index contributed by atoms with van der Waals surface area (Å²) in [6.45, 7) is 3.90. The van der Waals surface area contributed by atoms with Crippen molar-refractivity contribution in [1.82, 2.24) is 0 Å². The van der Waals surface area contributed by atoms with Crippen LogP contribution in [-0.2, 0) is 0 Å². The van der Waals surface area contributed by atoms with Crippen LogP contribution in [0.4, 0.5) is 0 Å². The quantitative estimate of drug-likeness (QED) is 0.641. The van der Waals surface area contributed by atoms with Gasteiger partial charge in [0.15, 0.2) is 0 Å². The second-order valence-corrected chi connectivity index (χ2v) is 2.71. The molecule has 0 heterocycles. The fourth-order valence-electron chi connectivity index (χ4n) is 0.977. The van der Waals surface area contributed by atoms with Crippen LogP contribution in [-0.4, -0.2) is 5.71 Å². The van der Waals surface area contributed by atoms with Gasteiger partial charge >= 0.3 is 0 Å². The molecule has 12 heavy (non-hydrogen) atoms. The molecule has 0 amide bonds. The summed E-state index contributed by atoms with van der Waals surface area (Å²) in [6, 6.07) is 9.77. The van der Waals surface area contributed by atoms with E-state index in [-0.39, 0.29) is 0 Å². The fraction of sp³-hybridized carbons (Fsp3) is 0.182. The molecule has 0 saturated heterocycles. The topological polar surface area (TPSA) is 23.9 Å². The van der Waals surface area contributed by atoms with Gasteiger partial charge < -0.3 is 5.41 Å². The van der Waals surface area contributed by atoms with E-state index in [0.29, 0.717) is 5.71 Å². The predicted octanol–water partition coefficient (Wildman–Crippen LogP) is 3.02. The average Bonchev–Trinajstić information content (AvgIpc) is 2.17. The third kappa shape index (κ3) is 1.82. The van der Waals surface area contributed by atoms with Crippen molar-refractivity contribution in [3.8, 4) is 0 Å². The van der Waals surface area contributed by atoms with Crippen LogP contribution < -0.4 is 0 Å². The molecule has 0 saturated carbocycles. The molecule has 62 valence electrons. The Labute approximate surface area is 73.3 Å². The summed E-state index contributed by atoms with van der Waals surface area (Å²) in [5.74, 6) is 0. The number of nitrogens with one attached hydrogen (secondary N) is 1. The first-order valence-electron chi connectivity index (χ1n) is 4.03. The first kappa shape index (κ1) is 8.72. The predicted molar refractivity (Wildman–Crippen MR) is 52.7 cm³/mol. The molecule has 0 spiro atoms. The largest absolute Gasteiger partial charge is 0.300 e. The highest BCUT2D eigenvalue weighted by atomic mass is 14.4. The Kier molecular flexibility index (Phi) is 2.81. The average molecular weight is 159 g/mol. The molecule has 1 aromatic rings. The smallest absolute Gasteiger partial charge is 0.0638 e. The van der Waals surface area contributed by atoms with Crippen molar-refractivity contribution in [2.75, 3.05) is 0 Å². The van der Waals surface area contributed by atoms with Crippen LogP contribution in [0.2, 0.25) is 0 Å². The van der Waals surface area contributed by atoms with Gasteiger partial charge in [0.2, 0.25) is 0 Å². The highest BCUT2D eigenvalue weighted by Crippen LogP contribution is 2.06. The number of rotatable bonds is 2. The molecule has 0 unspecified atom stereocenters. The molecule has 0 aliphatic heterocycles.